The van der Waals surface area contributed by atoms with Gasteiger partial charge in [-0.05, 0) is 188 Å². The van der Waals surface area contributed by atoms with Crippen molar-refractivity contribution in [3.05, 3.63) is 78.9 Å². The Morgan fingerprint density at radius 3 is 0.768 bits per heavy atom. The number of fused-ring (bicyclic) bond motifs is 20. The molecule has 5 heterocycles. The van der Waals surface area contributed by atoms with Gasteiger partial charge in [0.2, 0.25) is 0 Å². The van der Waals surface area contributed by atoms with Crippen molar-refractivity contribution in [3.8, 4) is 85.3 Å². The van der Waals surface area contributed by atoms with Crippen LogP contribution in [0.25, 0.3) is 88.6 Å². The van der Waals surface area contributed by atoms with E-state index in [0.29, 0.717) is 122 Å². The normalized spacial score (nSPS) is 14.2. The van der Waals surface area contributed by atoms with Crippen LogP contribution in [0, 0.1) is 71.0 Å². The Balaban J connectivity index is 1.31. The standard InChI is InChI=1S/C99H148N4O9/c1-64(2)25-19-31-70(13)39-45-106-94-52-80-81(53-95(94)107-46-40-71(14)32-20-26-65(3)4)90-60-92-84-56-98(110-49-43-74(17)35-23-29-68(9)10)99(111-50-44-75(18)36-24-30-69(11)12)57-85(84)93(103-92)61-91-83-55-97(109-48-42-73(16)34-22-28-67(7)8)96(108-47-41-72(15)33-21-27-66(5)6)54-82(83)89(102-91)59-87-79-51-77(112-63-76(105)62-104)37-38-78(79)86(100-87)58-88(80)101-90/h37-38,51-61,64-76,101-102,104-105H,19-36,39-50,62-63H2,1-18H3/t70?,71?,72?,73?,74?,75?,76-/m0/s1. The number of benzene rings is 4. The molecular formula is C99H148N4O9. The second-order valence-electron chi connectivity index (χ2n) is 37.0. The molecule has 112 heavy (non-hydrogen) atoms. The summed E-state index contributed by atoms with van der Waals surface area (Å²) in [5.41, 5.74) is 10.1. The lowest BCUT2D eigenvalue weighted by atomic mass is 9.97. The van der Waals surface area contributed by atoms with Gasteiger partial charge in [0.15, 0.2) is 34.5 Å². The van der Waals surface area contributed by atoms with Gasteiger partial charge in [-0.25, -0.2) is 9.97 Å². The first-order valence-electron chi connectivity index (χ1n) is 44.5. The Bertz CT molecular complexity index is 4180. The van der Waals surface area contributed by atoms with E-state index in [-0.39, 0.29) is 6.61 Å². The van der Waals surface area contributed by atoms with E-state index >= 15 is 0 Å². The maximum atomic E-state index is 10.6. The molecule has 0 aliphatic carbocycles. The lowest BCUT2D eigenvalue weighted by Crippen LogP contribution is -2.21. The van der Waals surface area contributed by atoms with Crippen molar-refractivity contribution >= 4 is 43.6 Å². The molecule has 13 nitrogen and oxygen atoms in total. The molecule has 2 aliphatic heterocycles. The van der Waals surface area contributed by atoms with Crippen LogP contribution in [-0.4, -0.2) is 89.1 Å². The van der Waals surface area contributed by atoms with E-state index in [2.05, 4.69) is 201 Å². The lowest BCUT2D eigenvalue weighted by molar-refractivity contribution is 0.0536. The molecule has 13 heteroatoms. The van der Waals surface area contributed by atoms with Gasteiger partial charge in [0, 0.05) is 65.9 Å². The Kier molecular flexibility index (Phi) is 35.6. The van der Waals surface area contributed by atoms with Gasteiger partial charge in [0.25, 0.3) is 0 Å². The number of rotatable bonds is 52. The number of nitrogens with zero attached hydrogens (tertiary/aromatic N) is 2. The van der Waals surface area contributed by atoms with Gasteiger partial charge in [0.1, 0.15) is 18.5 Å². The van der Waals surface area contributed by atoms with Gasteiger partial charge < -0.3 is 53.3 Å². The Morgan fingerprint density at radius 2 is 0.518 bits per heavy atom. The van der Waals surface area contributed by atoms with Crippen molar-refractivity contribution in [2.24, 2.45) is 71.0 Å². The summed E-state index contributed by atoms with van der Waals surface area (Å²) >= 11 is 0. The summed E-state index contributed by atoms with van der Waals surface area (Å²) in [6.45, 7) is 44.8. The van der Waals surface area contributed by atoms with Crippen molar-refractivity contribution in [2.75, 3.05) is 52.9 Å². The van der Waals surface area contributed by atoms with Crippen LogP contribution in [-0.2, 0) is 0 Å². The molecule has 4 aromatic carbocycles. The molecule has 7 aromatic rings. The van der Waals surface area contributed by atoms with E-state index in [1.54, 1.807) is 0 Å². The number of nitrogens with one attached hydrogen (secondary N) is 2. The van der Waals surface area contributed by atoms with Crippen LogP contribution in [0.1, 0.15) is 279 Å². The Hall–Kier alpha value is -6.96. The molecule has 6 unspecified atom stereocenters. The molecule has 0 fully saturated rings. The van der Waals surface area contributed by atoms with E-state index in [9.17, 15) is 10.2 Å². The fourth-order valence-electron chi connectivity index (χ4n) is 15.8. The molecule has 0 amide bonds. The first-order valence-corrected chi connectivity index (χ1v) is 44.5. The molecule has 3 aromatic heterocycles. The molecule has 0 saturated carbocycles. The van der Waals surface area contributed by atoms with E-state index in [1.807, 2.05) is 12.1 Å². The zero-order valence-electron chi connectivity index (χ0n) is 72.8. The van der Waals surface area contributed by atoms with E-state index in [0.717, 1.165) is 175 Å². The maximum Gasteiger partial charge on any atom is 0.161 e. The largest absolute Gasteiger partial charge is 0.491 e. The van der Waals surface area contributed by atoms with Crippen LogP contribution in [0.5, 0.6) is 40.2 Å². The van der Waals surface area contributed by atoms with E-state index < -0.39 is 12.7 Å². The van der Waals surface area contributed by atoms with Gasteiger partial charge in [-0.3, -0.25) is 0 Å². The maximum absolute atomic E-state index is 10.6. The molecule has 7 atom stereocenters. The quantitative estimate of drug-likeness (QED) is 0.0287. The highest BCUT2D eigenvalue weighted by Crippen LogP contribution is 2.48. The van der Waals surface area contributed by atoms with Gasteiger partial charge in [-0.15, -0.1) is 0 Å². The molecule has 2 aliphatic rings. The van der Waals surface area contributed by atoms with Crippen LogP contribution >= 0.6 is 0 Å². The molecule has 0 spiro atoms. The Labute approximate surface area is 676 Å². The van der Waals surface area contributed by atoms with Crippen LogP contribution < -0.4 is 33.2 Å². The van der Waals surface area contributed by atoms with Crippen LogP contribution in [0.15, 0.2) is 78.9 Å². The molecule has 0 radical (unpaired) electrons. The first-order chi connectivity index (χ1) is 53.8. The second-order valence-corrected chi connectivity index (χ2v) is 37.0. The summed E-state index contributed by atoms with van der Waals surface area (Å²) in [6.07, 6.45) is 26.1. The number of hydrogen-bond acceptors (Lipinski definition) is 11. The van der Waals surface area contributed by atoms with Crippen molar-refractivity contribution in [2.45, 2.75) is 285 Å². The van der Waals surface area contributed by atoms with Crippen molar-refractivity contribution in [3.63, 3.8) is 0 Å². The van der Waals surface area contributed by atoms with Crippen LogP contribution in [0.3, 0.4) is 0 Å². The lowest BCUT2D eigenvalue weighted by Gasteiger charge is -2.18. The summed E-state index contributed by atoms with van der Waals surface area (Å²) in [7, 11) is 0. The average molecular weight is 1540 g/mol. The van der Waals surface area contributed by atoms with E-state index in [4.69, 9.17) is 43.1 Å². The predicted molar refractivity (Wildman–Crippen MR) is 471 cm³/mol. The van der Waals surface area contributed by atoms with Crippen molar-refractivity contribution in [1.82, 2.24) is 19.9 Å². The van der Waals surface area contributed by atoms with Gasteiger partial charge in [-0.2, -0.15) is 0 Å². The molecule has 0 saturated heterocycles. The predicted octanol–water partition coefficient (Wildman–Crippen LogP) is 27.4. The SMILES string of the molecule is CC(C)CCCC(C)CCOc1cc2c(cc1OCCC(C)CCCC(C)C)-c1cc3[nH]c(cc4nc(cc5[nH]c(cc-2n1)c1cc(OCCC(C)CCCC(C)C)c(OCCC(C)CCCC(C)C)cc51)-c1ccc(OC[C@@H](O)CO)cc1-4)c1cc(OCCC(C)CCCC(C)C)c(OCCC(C)CCCC(C)C)cc31. The smallest absolute Gasteiger partial charge is 0.161 e. The minimum absolute atomic E-state index is 0.0719. The molecule has 8 bridgehead atoms. The average Bonchev–Trinajstić information content (AvgIpc) is 1.59. The highest BCUT2D eigenvalue weighted by molar-refractivity contribution is 6.12. The van der Waals surface area contributed by atoms with Gasteiger partial charge >= 0.3 is 0 Å². The number of aliphatic hydroxyl groups is 2. The topological polar surface area (TPSA) is 162 Å². The fraction of sp³-hybridized carbons (Fsp3) is 0.636. The summed E-state index contributed by atoms with van der Waals surface area (Å²) in [5, 5.41) is 24.3. The summed E-state index contributed by atoms with van der Waals surface area (Å²) < 4.78 is 48.5. The highest BCUT2D eigenvalue weighted by Gasteiger charge is 2.27. The summed E-state index contributed by atoms with van der Waals surface area (Å²) in [4.78, 5) is 19.4. The minimum Gasteiger partial charge on any atom is -0.491 e. The van der Waals surface area contributed by atoms with Crippen molar-refractivity contribution in [1.29, 1.82) is 0 Å². The van der Waals surface area contributed by atoms with Crippen LogP contribution in [0.4, 0.5) is 0 Å². The molecule has 9 rings (SSSR count). The highest BCUT2D eigenvalue weighted by atomic mass is 16.5. The number of aromatic nitrogens is 4. The third-order valence-electron chi connectivity index (χ3n) is 23.4. The van der Waals surface area contributed by atoms with Crippen LogP contribution in [0.2, 0.25) is 0 Å². The third kappa shape index (κ3) is 27.6. The second kappa shape index (κ2) is 44.8. The fourth-order valence-corrected chi connectivity index (χ4v) is 15.8. The van der Waals surface area contributed by atoms with Crippen molar-refractivity contribution < 1.29 is 43.4 Å². The third-order valence-corrected chi connectivity index (χ3v) is 23.4. The zero-order chi connectivity index (χ0) is 80.4. The molecule has 4 N–H and O–H groups in total. The van der Waals surface area contributed by atoms with E-state index in [1.165, 1.54) is 96.3 Å². The molecular weight excluding hydrogens is 1390 g/mol. The summed E-state index contributed by atoms with van der Waals surface area (Å²) in [5.74, 6) is 12.0. The van der Waals surface area contributed by atoms with Gasteiger partial charge in [-0.1, -0.05) is 240 Å². The Morgan fingerprint density at radius 1 is 0.277 bits per heavy atom. The number of aromatic amines is 2. The molecule has 618 valence electrons. The number of aliphatic hydroxyl groups excluding tert-OH is 2. The first kappa shape index (κ1) is 89.0. The zero-order valence-corrected chi connectivity index (χ0v) is 72.8. The number of H-pyrrole nitrogens is 2. The minimum atomic E-state index is -1.05. The number of ether oxygens (including phenoxy) is 7. The number of hydrogen-bond donors (Lipinski definition) is 4. The monoisotopic (exact) mass is 1540 g/mol. The van der Waals surface area contributed by atoms with Gasteiger partial charge in [0.05, 0.1) is 69.0 Å². The summed E-state index contributed by atoms with van der Waals surface area (Å²) in [6, 6.07) is 27.9.